The van der Waals surface area contributed by atoms with Crippen LogP contribution < -0.4 is 10.4 Å². The van der Waals surface area contributed by atoms with Gasteiger partial charge in [0.2, 0.25) is 11.7 Å². The van der Waals surface area contributed by atoms with Crippen LogP contribution in [0.4, 0.5) is 0 Å². The number of para-hydroxylation sites is 1. The molecule has 0 amide bonds. The molecule has 1 aromatic carbocycles. The predicted molar refractivity (Wildman–Crippen MR) is 122 cm³/mol. The summed E-state index contributed by atoms with van der Waals surface area (Å²) in [6.07, 6.45) is 6.60. The first-order valence-electron chi connectivity index (χ1n) is 10.6. The molecule has 0 fully saturated rings. The van der Waals surface area contributed by atoms with Crippen molar-refractivity contribution >= 4 is 16.6 Å². The van der Waals surface area contributed by atoms with Gasteiger partial charge in [0.25, 0.3) is 0 Å². The van der Waals surface area contributed by atoms with Gasteiger partial charge in [-0.3, -0.25) is 9.97 Å². The number of fused-ring (bicyclic) bond motifs is 6. The molecular weight excluding hydrogens is 432 g/mol. The van der Waals surface area contributed by atoms with E-state index in [0.717, 1.165) is 5.56 Å². The summed E-state index contributed by atoms with van der Waals surface area (Å²) in [7, 11) is 0. The maximum atomic E-state index is 13.3. The molecule has 0 radical (unpaired) electrons. The Morgan fingerprint density at radius 1 is 0.882 bits per heavy atom. The van der Waals surface area contributed by atoms with Gasteiger partial charge in [0.1, 0.15) is 17.6 Å². The fraction of sp³-hybridized carbons (Fsp3) is 0.0400. The smallest absolute Gasteiger partial charge is 0.344 e. The maximum absolute atomic E-state index is 13.3. The highest BCUT2D eigenvalue weighted by molar-refractivity contribution is 5.86. The predicted octanol–water partition coefficient (Wildman–Crippen LogP) is 3.97. The standard InChI is InChI=1S/C25H14N6O3/c32-25-19-18(14-8-11-26-12-9-14)20-23-29-22(16-6-3-4-10-27-16)30-31(23)13-28-24(20)34-21(19)15-5-1-2-7-17(15)33-25/h1-13,18H. The van der Waals surface area contributed by atoms with E-state index in [1.807, 2.05) is 48.5 Å². The minimum absolute atomic E-state index is 0.359. The first-order chi connectivity index (χ1) is 16.8. The van der Waals surface area contributed by atoms with Gasteiger partial charge in [0, 0.05) is 18.6 Å². The van der Waals surface area contributed by atoms with Gasteiger partial charge in [-0.2, -0.15) is 0 Å². The van der Waals surface area contributed by atoms with Crippen molar-refractivity contribution in [2.45, 2.75) is 5.92 Å². The normalized spacial score (nSPS) is 14.5. The summed E-state index contributed by atoms with van der Waals surface area (Å²) >= 11 is 0. The fourth-order valence-corrected chi connectivity index (χ4v) is 4.42. The van der Waals surface area contributed by atoms with Crippen molar-refractivity contribution in [2.24, 2.45) is 0 Å². The summed E-state index contributed by atoms with van der Waals surface area (Å²) in [6.45, 7) is 0. The molecule has 162 valence electrons. The van der Waals surface area contributed by atoms with Crippen molar-refractivity contribution in [3.05, 3.63) is 107 Å². The molecule has 0 bridgehead atoms. The van der Waals surface area contributed by atoms with E-state index in [2.05, 4.69) is 20.1 Å². The first-order valence-corrected chi connectivity index (χ1v) is 10.6. The fourth-order valence-electron chi connectivity index (χ4n) is 4.42. The lowest BCUT2D eigenvalue weighted by Crippen LogP contribution is -2.22. The number of pyridine rings is 2. The van der Waals surface area contributed by atoms with E-state index < -0.39 is 11.5 Å². The van der Waals surface area contributed by atoms with E-state index in [0.29, 0.717) is 50.9 Å². The van der Waals surface area contributed by atoms with Gasteiger partial charge in [0.05, 0.1) is 22.4 Å². The Balaban J connectivity index is 1.56. The van der Waals surface area contributed by atoms with Crippen molar-refractivity contribution in [1.82, 2.24) is 29.5 Å². The van der Waals surface area contributed by atoms with Crippen LogP contribution in [-0.4, -0.2) is 29.5 Å². The largest absolute Gasteiger partial charge is 0.437 e. The molecule has 1 aliphatic rings. The Morgan fingerprint density at radius 3 is 2.59 bits per heavy atom. The summed E-state index contributed by atoms with van der Waals surface area (Å²) in [5, 5.41) is 5.25. The van der Waals surface area contributed by atoms with Crippen LogP contribution in [0.3, 0.4) is 0 Å². The van der Waals surface area contributed by atoms with E-state index in [-0.39, 0.29) is 0 Å². The second kappa shape index (κ2) is 7.04. The van der Waals surface area contributed by atoms with Gasteiger partial charge in [0.15, 0.2) is 11.4 Å². The molecule has 0 spiro atoms. The van der Waals surface area contributed by atoms with E-state index in [1.54, 1.807) is 35.5 Å². The Hall–Kier alpha value is -4.92. The van der Waals surface area contributed by atoms with Gasteiger partial charge in [-0.25, -0.2) is 19.3 Å². The molecule has 0 saturated heterocycles. The number of nitrogens with zero attached hydrogens (tertiary/aromatic N) is 6. The lowest BCUT2D eigenvalue weighted by Gasteiger charge is -2.27. The molecule has 9 heteroatoms. The van der Waals surface area contributed by atoms with Crippen molar-refractivity contribution < 1.29 is 9.15 Å². The zero-order valence-electron chi connectivity index (χ0n) is 17.5. The van der Waals surface area contributed by atoms with Crippen LogP contribution in [-0.2, 0) is 0 Å². The molecule has 6 aromatic rings. The quantitative estimate of drug-likeness (QED) is 0.367. The van der Waals surface area contributed by atoms with Crippen molar-refractivity contribution in [2.75, 3.05) is 0 Å². The number of hydrogen-bond donors (Lipinski definition) is 0. The summed E-state index contributed by atoms with van der Waals surface area (Å²) in [6, 6.07) is 16.5. The number of benzene rings is 1. The molecule has 0 saturated carbocycles. The average molecular weight is 446 g/mol. The average Bonchev–Trinajstić information content (AvgIpc) is 3.33. The summed E-state index contributed by atoms with van der Waals surface area (Å²) in [5.41, 5.74) is 2.96. The molecule has 9 nitrogen and oxygen atoms in total. The van der Waals surface area contributed by atoms with Gasteiger partial charge in [-0.15, -0.1) is 5.10 Å². The van der Waals surface area contributed by atoms with Crippen LogP contribution >= 0.6 is 0 Å². The number of hydrogen-bond acceptors (Lipinski definition) is 8. The third-order valence-electron chi connectivity index (χ3n) is 5.90. The zero-order chi connectivity index (χ0) is 22.6. The number of ether oxygens (including phenoxy) is 1. The van der Waals surface area contributed by atoms with Gasteiger partial charge < -0.3 is 9.15 Å². The van der Waals surface area contributed by atoms with Crippen molar-refractivity contribution in [3.8, 4) is 23.1 Å². The molecule has 0 aliphatic carbocycles. The topological polar surface area (TPSA) is 108 Å². The molecule has 5 aromatic heterocycles. The van der Waals surface area contributed by atoms with Crippen LogP contribution in [0.1, 0.15) is 22.6 Å². The van der Waals surface area contributed by atoms with Crippen LogP contribution in [0, 0.1) is 0 Å². The molecule has 34 heavy (non-hydrogen) atoms. The second-order valence-corrected chi connectivity index (χ2v) is 7.83. The third-order valence-corrected chi connectivity index (χ3v) is 5.90. The van der Waals surface area contributed by atoms with E-state index in [9.17, 15) is 4.79 Å². The molecule has 1 atom stereocenters. The number of rotatable bonds is 2. The summed E-state index contributed by atoms with van der Waals surface area (Å²) in [5.74, 6) is 0.695. The number of aromatic nitrogens is 6. The molecule has 6 heterocycles. The van der Waals surface area contributed by atoms with Crippen molar-refractivity contribution in [1.29, 1.82) is 0 Å². The molecular formula is C25H14N6O3. The Labute approximate surface area is 191 Å². The Bertz CT molecular complexity index is 1760. The minimum atomic E-state index is -0.542. The maximum Gasteiger partial charge on any atom is 0.344 e. The van der Waals surface area contributed by atoms with Gasteiger partial charge in [-0.05, 0) is 42.0 Å². The van der Waals surface area contributed by atoms with Crippen LogP contribution in [0.2, 0.25) is 0 Å². The van der Waals surface area contributed by atoms with Crippen LogP contribution in [0.5, 0.6) is 11.6 Å². The lowest BCUT2D eigenvalue weighted by atomic mass is 9.84. The van der Waals surface area contributed by atoms with Crippen LogP contribution in [0.25, 0.3) is 28.1 Å². The highest BCUT2D eigenvalue weighted by Crippen LogP contribution is 2.48. The van der Waals surface area contributed by atoms with Gasteiger partial charge >= 0.3 is 5.63 Å². The molecule has 1 aliphatic heterocycles. The third kappa shape index (κ3) is 2.67. The summed E-state index contributed by atoms with van der Waals surface area (Å²) < 4.78 is 13.5. The first kappa shape index (κ1) is 18.6. The van der Waals surface area contributed by atoms with Crippen molar-refractivity contribution in [3.63, 3.8) is 0 Å². The second-order valence-electron chi connectivity index (χ2n) is 7.83. The minimum Gasteiger partial charge on any atom is -0.437 e. The molecule has 7 rings (SSSR count). The van der Waals surface area contributed by atoms with Crippen LogP contribution in [0.15, 0.2) is 88.7 Å². The van der Waals surface area contributed by atoms with Gasteiger partial charge in [-0.1, -0.05) is 18.2 Å². The monoisotopic (exact) mass is 446 g/mol. The van der Waals surface area contributed by atoms with E-state index in [1.165, 1.54) is 0 Å². The molecule has 0 N–H and O–H groups in total. The van der Waals surface area contributed by atoms with E-state index in [4.69, 9.17) is 14.1 Å². The zero-order valence-corrected chi connectivity index (χ0v) is 17.5. The summed E-state index contributed by atoms with van der Waals surface area (Å²) in [4.78, 5) is 31.1. The Kier molecular flexibility index (Phi) is 3.86. The molecule has 1 unspecified atom stereocenters. The highest BCUT2D eigenvalue weighted by atomic mass is 16.5. The SMILES string of the molecule is O=c1oc2ccccc2c2c1C(c1ccncc1)c1c(ncn3nc(-c4ccccn4)nc13)O2. The lowest BCUT2D eigenvalue weighted by molar-refractivity contribution is 0.422. The van der Waals surface area contributed by atoms with E-state index >= 15 is 0 Å². The highest BCUT2D eigenvalue weighted by Gasteiger charge is 2.37. The Morgan fingerprint density at radius 2 is 1.74 bits per heavy atom.